The van der Waals surface area contributed by atoms with Crippen LogP contribution in [0.15, 0.2) is 22.9 Å². The van der Waals surface area contributed by atoms with Gasteiger partial charge in [0.05, 0.1) is 0 Å². The van der Waals surface area contributed by atoms with Crippen molar-refractivity contribution in [1.82, 2.24) is 14.8 Å². The molecule has 2 aromatic rings. The first-order valence-corrected chi connectivity index (χ1v) is 7.06. The third-order valence-corrected chi connectivity index (χ3v) is 4.17. The maximum Gasteiger partial charge on any atom is 0.165 e. The third-order valence-electron chi connectivity index (χ3n) is 2.91. The van der Waals surface area contributed by atoms with E-state index in [1.807, 2.05) is 16.8 Å². The molecule has 0 amide bonds. The van der Waals surface area contributed by atoms with E-state index in [4.69, 9.17) is 4.74 Å². The Morgan fingerprint density at radius 2 is 1.89 bits per heavy atom. The summed E-state index contributed by atoms with van der Waals surface area (Å²) < 4.78 is 8.82. The van der Waals surface area contributed by atoms with Gasteiger partial charge in [-0.05, 0) is 51.0 Å². The lowest BCUT2D eigenvalue weighted by Crippen LogP contribution is -2.10. The summed E-state index contributed by atoms with van der Waals surface area (Å²) in [6.07, 6.45) is 1.57. The highest BCUT2D eigenvalue weighted by Gasteiger charge is 2.09. The second kappa shape index (κ2) is 5.74. The zero-order chi connectivity index (χ0) is 14.0. The van der Waals surface area contributed by atoms with Crippen molar-refractivity contribution in [3.63, 3.8) is 0 Å². The first-order valence-electron chi connectivity index (χ1n) is 6.27. The Balaban J connectivity index is 2.13. The van der Waals surface area contributed by atoms with Gasteiger partial charge in [0, 0.05) is 10.5 Å². The zero-order valence-corrected chi connectivity index (χ0v) is 13.2. The van der Waals surface area contributed by atoms with E-state index in [0.29, 0.717) is 6.61 Å². The summed E-state index contributed by atoms with van der Waals surface area (Å²) in [6, 6.07) is 4.33. The lowest BCUT2D eigenvalue weighted by Gasteiger charge is -2.12. The Hall–Kier alpha value is -1.36. The minimum absolute atomic E-state index is 0.287. The maximum atomic E-state index is 5.81. The summed E-state index contributed by atoms with van der Waals surface area (Å²) >= 11 is 3.55. The summed E-state index contributed by atoms with van der Waals surface area (Å²) in [6.45, 7) is 8.69. The van der Waals surface area contributed by atoms with Crippen LogP contribution in [0.2, 0.25) is 0 Å². The number of halogens is 1. The lowest BCUT2D eigenvalue weighted by molar-refractivity contribution is 0.282. The maximum absolute atomic E-state index is 5.81. The van der Waals surface area contributed by atoms with Crippen LogP contribution in [0.1, 0.15) is 36.8 Å². The molecular formula is C14H18BrN3O. The lowest BCUT2D eigenvalue weighted by atomic mass is 10.1. The van der Waals surface area contributed by atoms with Gasteiger partial charge in [-0.15, -0.1) is 0 Å². The molecule has 0 saturated carbocycles. The van der Waals surface area contributed by atoms with Crippen LogP contribution in [0, 0.1) is 13.8 Å². The smallest absolute Gasteiger partial charge is 0.165 e. The van der Waals surface area contributed by atoms with Crippen LogP contribution in [0.5, 0.6) is 5.75 Å². The average Bonchev–Trinajstić information content (AvgIpc) is 2.81. The molecule has 0 fully saturated rings. The van der Waals surface area contributed by atoms with Crippen molar-refractivity contribution < 1.29 is 4.74 Å². The Bertz CT molecular complexity index is 555. The van der Waals surface area contributed by atoms with Gasteiger partial charge in [-0.3, -0.25) is 0 Å². The van der Waals surface area contributed by atoms with Crippen molar-refractivity contribution in [1.29, 1.82) is 0 Å². The summed E-state index contributed by atoms with van der Waals surface area (Å²) in [5, 5.41) is 4.20. The van der Waals surface area contributed by atoms with E-state index in [2.05, 4.69) is 53.7 Å². The molecule has 0 N–H and O–H groups in total. The largest absolute Gasteiger partial charge is 0.486 e. The van der Waals surface area contributed by atoms with Crippen LogP contribution in [0.3, 0.4) is 0 Å². The third kappa shape index (κ3) is 3.15. The molecule has 1 heterocycles. The summed E-state index contributed by atoms with van der Waals surface area (Å²) in [7, 11) is 0. The molecule has 0 unspecified atom stereocenters. The molecule has 0 radical (unpaired) electrons. The minimum atomic E-state index is 0.287. The van der Waals surface area contributed by atoms with E-state index in [9.17, 15) is 0 Å². The monoisotopic (exact) mass is 323 g/mol. The molecule has 19 heavy (non-hydrogen) atoms. The molecular weight excluding hydrogens is 306 g/mol. The van der Waals surface area contributed by atoms with Crippen LogP contribution >= 0.6 is 15.9 Å². The van der Waals surface area contributed by atoms with Crippen molar-refractivity contribution in [3.05, 3.63) is 39.9 Å². The van der Waals surface area contributed by atoms with Crippen LogP contribution < -0.4 is 4.74 Å². The van der Waals surface area contributed by atoms with Crippen molar-refractivity contribution in [2.75, 3.05) is 0 Å². The SMILES string of the molecule is Cc1cc(OCc2ncnn2C(C)C)cc(C)c1Br. The van der Waals surface area contributed by atoms with E-state index in [1.54, 1.807) is 6.33 Å². The fourth-order valence-electron chi connectivity index (χ4n) is 1.95. The molecule has 0 bridgehead atoms. The molecule has 4 nitrogen and oxygen atoms in total. The average molecular weight is 324 g/mol. The molecule has 0 aliphatic rings. The van der Waals surface area contributed by atoms with Crippen molar-refractivity contribution in [2.24, 2.45) is 0 Å². The predicted octanol–water partition coefficient (Wildman–Crippen LogP) is 3.82. The number of ether oxygens (including phenoxy) is 1. The number of benzene rings is 1. The molecule has 0 aliphatic heterocycles. The van der Waals surface area contributed by atoms with E-state index >= 15 is 0 Å². The number of hydrogen-bond donors (Lipinski definition) is 0. The van der Waals surface area contributed by atoms with Gasteiger partial charge >= 0.3 is 0 Å². The van der Waals surface area contributed by atoms with E-state index in [0.717, 1.165) is 16.0 Å². The first-order chi connectivity index (χ1) is 8.99. The number of hydrogen-bond acceptors (Lipinski definition) is 3. The number of nitrogens with zero attached hydrogens (tertiary/aromatic N) is 3. The van der Waals surface area contributed by atoms with E-state index in [1.165, 1.54) is 11.1 Å². The molecule has 0 aliphatic carbocycles. The molecule has 1 aromatic carbocycles. The Labute approximate surface area is 121 Å². The Morgan fingerprint density at radius 3 is 2.47 bits per heavy atom. The molecule has 0 atom stereocenters. The van der Waals surface area contributed by atoms with Gasteiger partial charge in [0.2, 0.25) is 0 Å². The second-order valence-electron chi connectivity index (χ2n) is 4.87. The molecule has 0 saturated heterocycles. The van der Waals surface area contributed by atoms with Gasteiger partial charge in [-0.2, -0.15) is 5.10 Å². The topological polar surface area (TPSA) is 39.9 Å². The quantitative estimate of drug-likeness (QED) is 0.858. The Morgan fingerprint density at radius 1 is 1.26 bits per heavy atom. The number of rotatable bonds is 4. The summed E-state index contributed by atoms with van der Waals surface area (Å²) in [5.74, 6) is 1.70. The second-order valence-corrected chi connectivity index (χ2v) is 5.67. The normalized spacial score (nSPS) is 11.1. The van der Waals surface area contributed by atoms with Crippen molar-refractivity contribution in [2.45, 2.75) is 40.3 Å². The van der Waals surface area contributed by atoms with Crippen molar-refractivity contribution in [3.8, 4) is 5.75 Å². The van der Waals surface area contributed by atoms with Crippen LogP contribution in [0.25, 0.3) is 0 Å². The van der Waals surface area contributed by atoms with Gasteiger partial charge < -0.3 is 4.74 Å². The molecule has 5 heteroatoms. The van der Waals surface area contributed by atoms with Gasteiger partial charge in [0.1, 0.15) is 18.7 Å². The summed E-state index contributed by atoms with van der Waals surface area (Å²) in [4.78, 5) is 4.23. The first kappa shape index (κ1) is 14.1. The fourth-order valence-corrected chi connectivity index (χ4v) is 2.17. The van der Waals surface area contributed by atoms with Crippen molar-refractivity contribution >= 4 is 15.9 Å². The van der Waals surface area contributed by atoms with Crippen LogP contribution in [-0.2, 0) is 6.61 Å². The standard InChI is InChI=1S/C14H18BrN3O/c1-9(2)18-13(16-8-17-18)7-19-12-5-10(3)14(15)11(4)6-12/h5-6,8-9H,7H2,1-4H3. The highest BCUT2D eigenvalue weighted by molar-refractivity contribution is 9.10. The van der Waals surface area contributed by atoms with Gasteiger partial charge in [0.25, 0.3) is 0 Å². The van der Waals surface area contributed by atoms with Gasteiger partial charge in [0.15, 0.2) is 5.82 Å². The Kier molecular flexibility index (Phi) is 4.24. The molecule has 102 valence electrons. The molecule has 1 aromatic heterocycles. The zero-order valence-electron chi connectivity index (χ0n) is 11.6. The van der Waals surface area contributed by atoms with Crippen LogP contribution in [-0.4, -0.2) is 14.8 Å². The van der Waals surface area contributed by atoms with Gasteiger partial charge in [-0.1, -0.05) is 15.9 Å². The number of aromatic nitrogens is 3. The highest BCUT2D eigenvalue weighted by atomic mass is 79.9. The molecule has 0 spiro atoms. The minimum Gasteiger partial charge on any atom is -0.486 e. The van der Waals surface area contributed by atoms with E-state index in [-0.39, 0.29) is 6.04 Å². The van der Waals surface area contributed by atoms with E-state index < -0.39 is 0 Å². The number of aryl methyl sites for hydroxylation is 2. The summed E-state index contributed by atoms with van der Waals surface area (Å²) in [5.41, 5.74) is 2.33. The predicted molar refractivity (Wildman–Crippen MR) is 78.4 cm³/mol. The fraction of sp³-hybridized carbons (Fsp3) is 0.429. The molecule has 2 rings (SSSR count). The van der Waals surface area contributed by atoms with Gasteiger partial charge in [-0.25, -0.2) is 9.67 Å². The highest BCUT2D eigenvalue weighted by Crippen LogP contribution is 2.26. The van der Waals surface area contributed by atoms with Crippen LogP contribution in [0.4, 0.5) is 0 Å².